The molecule has 5 aromatic rings. The molecule has 14 heteroatoms. The summed E-state index contributed by atoms with van der Waals surface area (Å²) in [5, 5.41) is 17.5. The summed E-state index contributed by atoms with van der Waals surface area (Å²) >= 11 is 0. The van der Waals surface area contributed by atoms with E-state index in [0.717, 1.165) is 85.3 Å². The molecule has 3 saturated carbocycles. The third kappa shape index (κ3) is 7.99. The molecule has 3 aromatic carbocycles. The van der Waals surface area contributed by atoms with Gasteiger partial charge in [0.2, 0.25) is 5.91 Å². The van der Waals surface area contributed by atoms with Gasteiger partial charge < -0.3 is 40.1 Å². The molecule has 0 radical (unpaired) electrons. The lowest BCUT2D eigenvalue weighted by Gasteiger charge is -2.41. The minimum atomic E-state index is -0.875. The van der Waals surface area contributed by atoms with Crippen LogP contribution in [0.1, 0.15) is 127 Å². The van der Waals surface area contributed by atoms with Crippen LogP contribution in [-0.4, -0.2) is 97.6 Å². The van der Waals surface area contributed by atoms with Crippen molar-refractivity contribution in [1.29, 1.82) is 0 Å². The highest BCUT2D eigenvalue weighted by Crippen LogP contribution is 2.55. The van der Waals surface area contributed by atoms with Gasteiger partial charge in [-0.1, -0.05) is 83.0 Å². The average Bonchev–Trinajstić information content (AvgIpc) is 4.22. The van der Waals surface area contributed by atoms with E-state index in [9.17, 15) is 19.5 Å². The minimum absolute atomic E-state index is 0.000739. The van der Waals surface area contributed by atoms with Gasteiger partial charge in [-0.15, -0.1) is 0 Å². The Labute approximate surface area is 404 Å². The van der Waals surface area contributed by atoms with Gasteiger partial charge in [0.25, 0.3) is 0 Å². The van der Waals surface area contributed by atoms with Crippen molar-refractivity contribution in [2.75, 3.05) is 14.2 Å². The van der Waals surface area contributed by atoms with Crippen molar-refractivity contribution >= 4 is 29.1 Å². The molecule has 4 heterocycles. The number of aromatic amines is 2. The molecule has 6 aliphatic rings. The van der Waals surface area contributed by atoms with Crippen molar-refractivity contribution < 1.29 is 29.0 Å². The van der Waals surface area contributed by atoms with Crippen LogP contribution in [0.3, 0.4) is 0 Å². The number of methoxy groups -OCH3 is 2. The lowest BCUT2D eigenvalue weighted by Crippen LogP contribution is -2.56. The fraction of sp³-hybridized carbons (Fsp3) is 0.545. The quantitative estimate of drug-likeness (QED) is 0.0815. The zero-order valence-electron chi connectivity index (χ0n) is 40.9. The molecule has 4 aliphatic carbocycles. The standard InChI is InChI=1S/C55H68N8O6/c1-29(2)45(60-53(66)68-5)51(64)62-36-16-13-34(23-36)47(62)49-56-28-44(59-49)32-11-9-31(10-12-32)38-18-19-39(41-27-55(26-40(38)41)21-7-8-22-55)33-15-20-42-43(25-33)58-50(57-42)48-35-14-17-37(24-35)63(48)52(65)46(30(3)4)61-54(67)69-6/h9-12,15,18-20,25,28-30,34-37,45-48,51,64H,7-8,13-14,16-17,21-24,26-27H2,1-6H3,(H,56,59)(H,57,58)(H,60,66)(H,61,67). The Hall–Kier alpha value is -5.73. The zero-order valence-corrected chi connectivity index (χ0v) is 40.9. The first-order valence-corrected chi connectivity index (χ1v) is 25.6. The summed E-state index contributed by atoms with van der Waals surface area (Å²) in [6.45, 7) is 7.92. The molecule has 69 heavy (non-hydrogen) atoms. The number of H-pyrrole nitrogens is 2. The van der Waals surface area contributed by atoms with E-state index in [1.165, 1.54) is 73.3 Å². The largest absolute Gasteiger partial charge is 0.453 e. The highest BCUT2D eigenvalue weighted by atomic mass is 16.5. The predicted octanol–water partition coefficient (Wildman–Crippen LogP) is 9.60. The van der Waals surface area contributed by atoms with Gasteiger partial charge in [0.05, 0.1) is 55.3 Å². The predicted molar refractivity (Wildman–Crippen MR) is 264 cm³/mol. The number of likely N-dealkylation sites (tertiary alicyclic amines) is 2. The van der Waals surface area contributed by atoms with Gasteiger partial charge in [0, 0.05) is 12.1 Å². The first-order valence-electron chi connectivity index (χ1n) is 25.6. The minimum Gasteiger partial charge on any atom is -0.453 e. The van der Waals surface area contributed by atoms with Crippen LogP contribution in [0.2, 0.25) is 0 Å². The molecule has 3 amide bonds. The van der Waals surface area contributed by atoms with E-state index >= 15 is 0 Å². The number of carbonyl (C=O) groups excluding carboxylic acids is 3. The number of imidazole rings is 2. The van der Waals surface area contributed by atoms with E-state index < -0.39 is 30.5 Å². The lowest BCUT2D eigenvalue weighted by atomic mass is 9.82. The summed E-state index contributed by atoms with van der Waals surface area (Å²) < 4.78 is 9.81. The van der Waals surface area contributed by atoms with Crippen LogP contribution in [0, 0.1) is 29.1 Å². The van der Waals surface area contributed by atoms with Crippen LogP contribution < -0.4 is 10.6 Å². The normalized spacial score (nSPS) is 25.8. The van der Waals surface area contributed by atoms with Gasteiger partial charge >= 0.3 is 12.2 Å². The van der Waals surface area contributed by atoms with Gasteiger partial charge in [0.15, 0.2) is 0 Å². The van der Waals surface area contributed by atoms with E-state index in [-0.39, 0.29) is 41.9 Å². The Morgan fingerprint density at radius 3 is 2.04 bits per heavy atom. The highest BCUT2D eigenvalue weighted by molar-refractivity contribution is 5.88. The number of nitrogens with one attached hydrogen (secondary N) is 4. The second-order valence-corrected chi connectivity index (χ2v) is 22.0. The third-order valence-corrected chi connectivity index (χ3v) is 17.4. The number of ether oxygens (including phenoxy) is 2. The van der Waals surface area contributed by atoms with E-state index in [0.29, 0.717) is 17.3 Å². The third-order valence-electron chi connectivity index (χ3n) is 17.4. The van der Waals surface area contributed by atoms with Crippen molar-refractivity contribution in [3.8, 4) is 33.5 Å². The summed E-state index contributed by atoms with van der Waals surface area (Å²) in [6, 6.07) is 19.1. The van der Waals surface area contributed by atoms with Crippen LogP contribution >= 0.6 is 0 Å². The number of benzene rings is 3. The molecule has 1 spiro atoms. The Kier molecular flexibility index (Phi) is 11.9. The molecule has 2 aromatic heterocycles. The second kappa shape index (κ2) is 17.9. The highest BCUT2D eigenvalue weighted by Gasteiger charge is 2.53. The maximum Gasteiger partial charge on any atom is 0.407 e. The molecule has 2 saturated heterocycles. The van der Waals surface area contributed by atoms with E-state index in [1.54, 1.807) is 0 Å². The molecule has 11 rings (SSSR count). The summed E-state index contributed by atoms with van der Waals surface area (Å²) in [6.07, 6.45) is 13.2. The molecule has 4 bridgehead atoms. The Morgan fingerprint density at radius 2 is 1.36 bits per heavy atom. The molecule has 9 unspecified atom stereocenters. The smallest absolute Gasteiger partial charge is 0.407 e. The molecule has 9 atom stereocenters. The Balaban J connectivity index is 0.864. The fourth-order valence-corrected chi connectivity index (χ4v) is 14.0. The number of rotatable bonds is 12. The lowest BCUT2D eigenvalue weighted by molar-refractivity contribution is -0.139. The number of aliphatic hydroxyl groups is 1. The van der Waals surface area contributed by atoms with Crippen molar-refractivity contribution in [1.82, 2.24) is 40.4 Å². The Bertz CT molecular complexity index is 2760. The van der Waals surface area contributed by atoms with E-state index in [1.807, 2.05) is 38.8 Å². The van der Waals surface area contributed by atoms with Gasteiger partial charge in [-0.25, -0.2) is 19.6 Å². The number of nitrogens with zero attached hydrogens (tertiary/aromatic N) is 4. The van der Waals surface area contributed by atoms with Gasteiger partial charge in [-0.2, -0.15) is 0 Å². The van der Waals surface area contributed by atoms with Crippen molar-refractivity contribution in [3.05, 3.63) is 83.6 Å². The summed E-state index contributed by atoms with van der Waals surface area (Å²) in [4.78, 5) is 60.5. The molecule has 2 aliphatic heterocycles. The summed E-state index contributed by atoms with van der Waals surface area (Å²) in [7, 11) is 2.68. The number of amides is 3. The monoisotopic (exact) mass is 937 g/mol. The number of hydrogen-bond acceptors (Lipinski definition) is 9. The molecular formula is C55H68N8O6. The van der Waals surface area contributed by atoms with E-state index in [4.69, 9.17) is 19.4 Å². The number of piperidine rings is 2. The SMILES string of the molecule is COC(=O)NC(C(=O)N1C2CCC(C2)C1c1nc2ccc(-c3ccc(-c4ccc(-c5cnc(C6C7CCC(C7)N6C(O)C(NC(=O)OC)C(C)C)[nH]5)cc4)c4c3CC3(CCCC3)C4)cc2[nH]1)C(C)C. The molecule has 14 nitrogen and oxygen atoms in total. The topological polar surface area (TPSA) is 178 Å². The van der Waals surface area contributed by atoms with Crippen LogP contribution in [0.15, 0.2) is 60.8 Å². The number of carbonyl (C=O) groups is 3. The number of aromatic nitrogens is 4. The average molecular weight is 937 g/mol. The molecule has 364 valence electrons. The zero-order chi connectivity index (χ0) is 47.9. The summed E-state index contributed by atoms with van der Waals surface area (Å²) in [5.74, 6) is 2.19. The molecule has 5 fully saturated rings. The maximum absolute atomic E-state index is 14.2. The second-order valence-electron chi connectivity index (χ2n) is 22.0. The molecule has 5 N–H and O–H groups in total. The van der Waals surface area contributed by atoms with Crippen molar-refractivity contribution in [2.45, 2.75) is 147 Å². The van der Waals surface area contributed by atoms with Crippen LogP contribution in [-0.2, 0) is 27.1 Å². The first-order chi connectivity index (χ1) is 33.3. The van der Waals surface area contributed by atoms with Gasteiger partial charge in [0.1, 0.15) is 23.9 Å². The van der Waals surface area contributed by atoms with Gasteiger partial charge in [-0.3, -0.25) is 9.69 Å². The number of hydrogen-bond donors (Lipinski definition) is 5. The van der Waals surface area contributed by atoms with Crippen LogP contribution in [0.4, 0.5) is 9.59 Å². The fourth-order valence-electron chi connectivity index (χ4n) is 14.0. The number of aliphatic hydroxyl groups excluding tert-OH is 1. The summed E-state index contributed by atoms with van der Waals surface area (Å²) in [5.41, 5.74) is 12.0. The van der Waals surface area contributed by atoms with Crippen molar-refractivity contribution in [2.24, 2.45) is 29.1 Å². The van der Waals surface area contributed by atoms with Crippen LogP contribution in [0.25, 0.3) is 44.5 Å². The maximum atomic E-state index is 14.2. The number of alkyl carbamates (subject to hydrolysis) is 2. The van der Waals surface area contributed by atoms with E-state index in [2.05, 4.69) is 80.1 Å². The van der Waals surface area contributed by atoms with Gasteiger partial charge in [-0.05, 0) is 144 Å². The first kappa shape index (κ1) is 45.7. The van der Waals surface area contributed by atoms with Crippen molar-refractivity contribution in [3.63, 3.8) is 0 Å². The number of fused-ring (bicyclic) bond motifs is 6. The van der Waals surface area contributed by atoms with Crippen LogP contribution in [0.5, 0.6) is 0 Å². The molecular weight excluding hydrogens is 869 g/mol. The Morgan fingerprint density at radius 1 is 0.739 bits per heavy atom.